The first-order valence-electron chi connectivity index (χ1n) is 6.69. The van der Waals surface area contributed by atoms with E-state index in [2.05, 4.69) is 10.2 Å². The Morgan fingerprint density at radius 3 is 2.71 bits per heavy atom. The Bertz CT molecular complexity index is 665. The molecule has 6 nitrogen and oxygen atoms in total. The van der Waals surface area contributed by atoms with Crippen molar-refractivity contribution in [1.29, 1.82) is 0 Å². The van der Waals surface area contributed by atoms with E-state index in [1.807, 2.05) is 48.8 Å². The molecule has 3 rings (SSSR count). The molecular formula is C15H16N4O2. The minimum Gasteiger partial charge on any atom is -0.491 e. The second-order valence-electron chi connectivity index (χ2n) is 4.64. The largest absolute Gasteiger partial charge is 0.491 e. The molecule has 1 N–H and O–H groups in total. The fourth-order valence-corrected chi connectivity index (χ4v) is 2.01. The molecule has 2 heterocycles. The van der Waals surface area contributed by atoms with Crippen molar-refractivity contribution in [3.05, 3.63) is 61.2 Å². The lowest BCUT2D eigenvalue weighted by molar-refractivity contribution is 0.0893. The van der Waals surface area contributed by atoms with Gasteiger partial charge in [-0.3, -0.25) is 4.68 Å². The number of nitrogens with zero attached hydrogens (tertiary/aromatic N) is 4. The van der Waals surface area contributed by atoms with Gasteiger partial charge >= 0.3 is 0 Å². The van der Waals surface area contributed by atoms with E-state index in [1.54, 1.807) is 21.8 Å². The molecule has 1 aromatic carbocycles. The Balaban J connectivity index is 1.59. The Morgan fingerprint density at radius 2 is 1.95 bits per heavy atom. The van der Waals surface area contributed by atoms with Gasteiger partial charge in [0, 0.05) is 30.9 Å². The third kappa shape index (κ3) is 3.49. The van der Waals surface area contributed by atoms with Crippen molar-refractivity contribution in [3.63, 3.8) is 0 Å². The van der Waals surface area contributed by atoms with Gasteiger partial charge in [0.25, 0.3) is 0 Å². The third-order valence-corrected chi connectivity index (χ3v) is 2.99. The van der Waals surface area contributed by atoms with Gasteiger partial charge in [-0.25, -0.2) is 4.68 Å². The first kappa shape index (κ1) is 13.4. The SMILES string of the molecule is OC(COc1cccc(-n2cccn2)c1)Cn1cccn1. The maximum absolute atomic E-state index is 9.93. The van der Waals surface area contributed by atoms with Crippen LogP contribution in [-0.2, 0) is 6.54 Å². The molecule has 108 valence electrons. The molecule has 0 fully saturated rings. The van der Waals surface area contributed by atoms with E-state index in [9.17, 15) is 5.11 Å². The van der Waals surface area contributed by atoms with Crippen LogP contribution in [0.3, 0.4) is 0 Å². The molecule has 0 saturated heterocycles. The highest BCUT2D eigenvalue weighted by Gasteiger charge is 2.07. The number of rotatable bonds is 6. The summed E-state index contributed by atoms with van der Waals surface area (Å²) in [6.45, 7) is 0.619. The van der Waals surface area contributed by atoms with Gasteiger partial charge < -0.3 is 9.84 Å². The van der Waals surface area contributed by atoms with E-state index >= 15 is 0 Å². The maximum atomic E-state index is 9.93. The van der Waals surface area contributed by atoms with Crippen LogP contribution in [-0.4, -0.2) is 37.4 Å². The molecule has 21 heavy (non-hydrogen) atoms. The normalized spacial score (nSPS) is 12.2. The zero-order chi connectivity index (χ0) is 14.5. The summed E-state index contributed by atoms with van der Waals surface area (Å²) in [6.07, 6.45) is 6.47. The van der Waals surface area contributed by atoms with E-state index in [-0.39, 0.29) is 6.61 Å². The van der Waals surface area contributed by atoms with Crippen LogP contribution < -0.4 is 4.74 Å². The van der Waals surface area contributed by atoms with Gasteiger partial charge in [0.1, 0.15) is 18.5 Å². The van der Waals surface area contributed by atoms with Gasteiger partial charge in [-0.15, -0.1) is 0 Å². The van der Waals surface area contributed by atoms with Gasteiger partial charge in [-0.2, -0.15) is 10.2 Å². The van der Waals surface area contributed by atoms with Crippen molar-refractivity contribution in [1.82, 2.24) is 19.6 Å². The number of aliphatic hydroxyl groups is 1. The quantitative estimate of drug-likeness (QED) is 0.745. The molecule has 0 aliphatic rings. The Kier molecular flexibility index (Phi) is 3.97. The second kappa shape index (κ2) is 6.23. The van der Waals surface area contributed by atoms with Crippen LogP contribution in [0.2, 0.25) is 0 Å². The summed E-state index contributed by atoms with van der Waals surface area (Å²) in [5.74, 6) is 0.697. The Morgan fingerprint density at radius 1 is 1.10 bits per heavy atom. The maximum Gasteiger partial charge on any atom is 0.121 e. The highest BCUT2D eigenvalue weighted by atomic mass is 16.5. The van der Waals surface area contributed by atoms with Crippen molar-refractivity contribution >= 4 is 0 Å². The molecule has 1 unspecified atom stereocenters. The summed E-state index contributed by atoms with van der Waals surface area (Å²) in [6, 6.07) is 11.3. The minimum atomic E-state index is -0.613. The summed E-state index contributed by atoms with van der Waals surface area (Å²) in [5, 5.41) is 18.2. The fourth-order valence-electron chi connectivity index (χ4n) is 2.01. The molecule has 6 heteroatoms. The first-order valence-corrected chi connectivity index (χ1v) is 6.69. The van der Waals surface area contributed by atoms with E-state index in [0.717, 1.165) is 5.69 Å². The fraction of sp³-hybridized carbons (Fsp3) is 0.200. The first-order chi connectivity index (χ1) is 10.3. The monoisotopic (exact) mass is 284 g/mol. The van der Waals surface area contributed by atoms with E-state index in [4.69, 9.17) is 4.74 Å². The predicted molar refractivity (Wildman–Crippen MR) is 77.3 cm³/mol. The Labute approximate surface area is 122 Å². The molecule has 0 radical (unpaired) electrons. The highest BCUT2D eigenvalue weighted by molar-refractivity contribution is 5.38. The topological polar surface area (TPSA) is 65.1 Å². The number of hydrogen-bond acceptors (Lipinski definition) is 4. The van der Waals surface area contributed by atoms with Crippen LogP contribution in [0.5, 0.6) is 5.75 Å². The zero-order valence-electron chi connectivity index (χ0n) is 11.4. The van der Waals surface area contributed by atoms with Crippen LogP contribution >= 0.6 is 0 Å². The van der Waals surface area contributed by atoms with Gasteiger partial charge in [0.2, 0.25) is 0 Å². The lowest BCUT2D eigenvalue weighted by atomic mass is 10.3. The van der Waals surface area contributed by atoms with Gasteiger partial charge in [0.15, 0.2) is 0 Å². The lowest BCUT2D eigenvalue weighted by Gasteiger charge is -2.13. The molecule has 1 atom stereocenters. The molecule has 0 spiro atoms. The molecular weight excluding hydrogens is 268 g/mol. The van der Waals surface area contributed by atoms with Crippen molar-refractivity contribution in [3.8, 4) is 11.4 Å². The average Bonchev–Trinajstić information content (AvgIpc) is 3.19. The number of aliphatic hydroxyl groups excluding tert-OH is 1. The molecule has 0 amide bonds. The van der Waals surface area contributed by atoms with Crippen molar-refractivity contribution < 1.29 is 9.84 Å². The predicted octanol–water partition coefficient (Wildman–Crippen LogP) is 1.51. The van der Waals surface area contributed by atoms with Crippen LogP contribution in [0.25, 0.3) is 5.69 Å². The zero-order valence-corrected chi connectivity index (χ0v) is 11.4. The van der Waals surface area contributed by atoms with Gasteiger partial charge in [-0.1, -0.05) is 6.07 Å². The smallest absolute Gasteiger partial charge is 0.121 e. The van der Waals surface area contributed by atoms with E-state index in [0.29, 0.717) is 12.3 Å². The lowest BCUT2D eigenvalue weighted by Crippen LogP contribution is -2.23. The van der Waals surface area contributed by atoms with Crippen molar-refractivity contribution in [2.75, 3.05) is 6.61 Å². The molecule has 3 aromatic rings. The van der Waals surface area contributed by atoms with Gasteiger partial charge in [0.05, 0.1) is 12.2 Å². The summed E-state index contributed by atoms with van der Waals surface area (Å²) in [7, 11) is 0. The van der Waals surface area contributed by atoms with E-state index in [1.165, 1.54) is 0 Å². The minimum absolute atomic E-state index is 0.211. The number of benzene rings is 1. The number of ether oxygens (including phenoxy) is 1. The number of hydrogen-bond donors (Lipinski definition) is 1. The molecule has 0 aliphatic heterocycles. The molecule has 2 aromatic heterocycles. The average molecular weight is 284 g/mol. The third-order valence-electron chi connectivity index (χ3n) is 2.99. The molecule has 0 bridgehead atoms. The number of aromatic nitrogens is 4. The Hall–Kier alpha value is -2.60. The summed E-state index contributed by atoms with van der Waals surface area (Å²) < 4.78 is 9.05. The molecule has 0 saturated carbocycles. The van der Waals surface area contributed by atoms with Crippen LogP contribution in [0.1, 0.15) is 0 Å². The van der Waals surface area contributed by atoms with Crippen LogP contribution in [0.4, 0.5) is 0 Å². The second-order valence-corrected chi connectivity index (χ2v) is 4.64. The van der Waals surface area contributed by atoms with Crippen LogP contribution in [0, 0.1) is 0 Å². The summed E-state index contributed by atoms with van der Waals surface area (Å²) >= 11 is 0. The molecule has 0 aliphatic carbocycles. The van der Waals surface area contributed by atoms with Crippen molar-refractivity contribution in [2.45, 2.75) is 12.6 Å². The van der Waals surface area contributed by atoms with Crippen molar-refractivity contribution in [2.24, 2.45) is 0 Å². The standard InChI is InChI=1S/C15H16N4O2/c20-14(11-18-8-2-6-16-18)12-21-15-5-1-4-13(10-15)19-9-3-7-17-19/h1-10,14,20H,11-12H2. The van der Waals surface area contributed by atoms with Crippen LogP contribution in [0.15, 0.2) is 61.2 Å². The van der Waals surface area contributed by atoms with Gasteiger partial charge in [-0.05, 0) is 24.3 Å². The summed E-state index contributed by atoms with van der Waals surface area (Å²) in [5.41, 5.74) is 0.916. The summed E-state index contributed by atoms with van der Waals surface area (Å²) in [4.78, 5) is 0. The van der Waals surface area contributed by atoms with E-state index < -0.39 is 6.10 Å². The highest BCUT2D eigenvalue weighted by Crippen LogP contribution is 2.16.